The smallest absolute Gasteiger partial charge is 0.166 e. The van der Waals surface area contributed by atoms with Crippen LogP contribution in [-0.4, -0.2) is 69.0 Å². The van der Waals surface area contributed by atoms with Gasteiger partial charge in [0, 0.05) is 49.9 Å². The molecule has 0 spiro atoms. The Morgan fingerprint density at radius 1 is 0.906 bits per heavy atom. The maximum absolute atomic E-state index is 9.73. The summed E-state index contributed by atoms with van der Waals surface area (Å²) in [6.07, 6.45) is 0. The number of rotatable bonds is 5. The zero-order valence-electron chi connectivity index (χ0n) is 18.1. The van der Waals surface area contributed by atoms with Crippen LogP contribution in [0.2, 0.25) is 0 Å². The topological polar surface area (TPSA) is 77.1 Å². The quantitative estimate of drug-likeness (QED) is 0.507. The van der Waals surface area contributed by atoms with E-state index in [4.69, 9.17) is 10.1 Å². The van der Waals surface area contributed by atoms with Crippen molar-refractivity contribution in [2.75, 3.05) is 44.2 Å². The molecule has 3 heterocycles. The summed E-state index contributed by atoms with van der Waals surface area (Å²) in [5, 5.41) is 23.9. The molecule has 1 saturated heterocycles. The highest BCUT2D eigenvalue weighted by Gasteiger charge is 2.23. The summed E-state index contributed by atoms with van der Waals surface area (Å²) >= 11 is 0. The molecule has 7 heteroatoms. The predicted molar refractivity (Wildman–Crippen MR) is 126 cm³/mol. The van der Waals surface area contributed by atoms with Crippen LogP contribution in [-0.2, 0) is 0 Å². The average Bonchev–Trinajstić information content (AvgIpc) is 3.16. The molecule has 0 aliphatic carbocycles. The summed E-state index contributed by atoms with van der Waals surface area (Å²) in [6, 6.07) is 19.5. The van der Waals surface area contributed by atoms with Crippen molar-refractivity contribution in [3.05, 3.63) is 66.4 Å². The number of aliphatic hydroxyl groups is 1. The number of β-amino-alcohol motifs (C(OH)–C–C–N with tert-alkyl or cyclic N) is 1. The van der Waals surface area contributed by atoms with E-state index in [0.717, 1.165) is 65.7 Å². The number of hydrogen-bond donors (Lipinski definition) is 2. The first-order chi connectivity index (χ1) is 15.6. The number of aliphatic hydroxyl groups excluding tert-OH is 1. The average molecular weight is 430 g/mol. The molecule has 7 nitrogen and oxygen atoms in total. The normalized spacial score (nSPS) is 14.9. The lowest BCUT2D eigenvalue weighted by atomic mass is 10.1. The van der Waals surface area contributed by atoms with Crippen molar-refractivity contribution in [3.8, 4) is 28.1 Å². The van der Waals surface area contributed by atoms with Crippen LogP contribution in [0, 0.1) is 6.92 Å². The van der Waals surface area contributed by atoms with Crippen molar-refractivity contribution in [2.45, 2.75) is 6.92 Å². The highest BCUT2D eigenvalue weighted by Crippen LogP contribution is 2.33. The number of hydrogen-bond acceptors (Lipinski definition) is 6. The van der Waals surface area contributed by atoms with Gasteiger partial charge in [-0.1, -0.05) is 30.3 Å². The maximum atomic E-state index is 9.73. The first-order valence-corrected chi connectivity index (χ1v) is 11.0. The van der Waals surface area contributed by atoms with Gasteiger partial charge in [-0.2, -0.15) is 9.61 Å². The van der Waals surface area contributed by atoms with Crippen LogP contribution in [0.5, 0.6) is 5.75 Å². The van der Waals surface area contributed by atoms with E-state index in [-0.39, 0.29) is 12.4 Å². The number of aromatic hydroxyl groups is 1. The van der Waals surface area contributed by atoms with Crippen molar-refractivity contribution in [3.63, 3.8) is 0 Å². The Balaban J connectivity index is 1.66. The lowest BCUT2D eigenvalue weighted by molar-refractivity contribution is 0.188. The second-order valence-corrected chi connectivity index (χ2v) is 8.16. The third-order valence-corrected chi connectivity index (χ3v) is 6.08. The summed E-state index contributed by atoms with van der Waals surface area (Å²) in [4.78, 5) is 9.64. The number of phenols is 1. The zero-order valence-corrected chi connectivity index (χ0v) is 18.1. The summed E-state index contributed by atoms with van der Waals surface area (Å²) < 4.78 is 1.96. The summed E-state index contributed by atoms with van der Waals surface area (Å²) in [6.45, 7) is 6.41. The van der Waals surface area contributed by atoms with Gasteiger partial charge in [0.1, 0.15) is 11.6 Å². The molecule has 0 radical (unpaired) electrons. The monoisotopic (exact) mass is 429 g/mol. The Morgan fingerprint density at radius 3 is 2.31 bits per heavy atom. The number of piperazine rings is 1. The Hall–Kier alpha value is -3.42. The minimum absolute atomic E-state index is 0.184. The lowest BCUT2D eigenvalue weighted by Crippen LogP contribution is -2.47. The van der Waals surface area contributed by atoms with Gasteiger partial charge in [0.05, 0.1) is 18.0 Å². The zero-order chi connectivity index (χ0) is 22.1. The molecule has 5 rings (SSSR count). The van der Waals surface area contributed by atoms with E-state index in [1.54, 1.807) is 12.1 Å². The molecule has 0 unspecified atom stereocenters. The Bertz CT molecular complexity index is 1210. The summed E-state index contributed by atoms with van der Waals surface area (Å²) in [5.41, 5.74) is 5.69. The minimum atomic E-state index is 0.184. The van der Waals surface area contributed by atoms with E-state index in [1.807, 2.05) is 41.8 Å². The number of aryl methyl sites for hydroxylation is 1. The molecule has 2 aromatic carbocycles. The Labute approximate surface area is 187 Å². The molecular formula is C25H27N5O2. The fourth-order valence-electron chi connectivity index (χ4n) is 4.40. The molecule has 1 aliphatic rings. The second-order valence-electron chi connectivity index (χ2n) is 8.16. The maximum Gasteiger partial charge on any atom is 0.166 e. The molecule has 0 amide bonds. The highest BCUT2D eigenvalue weighted by atomic mass is 16.3. The van der Waals surface area contributed by atoms with Crippen LogP contribution in [0.4, 0.5) is 5.82 Å². The number of anilines is 1. The Kier molecular flexibility index (Phi) is 5.51. The molecule has 32 heavy (non-hydrogen) atoms. The van der Waals surface area contributed by atoms with E-state index < -0.39 is 0 Å². The van der Waals surface area contributed by atoms with Crippen LogP contribution >= 0.6 is 0 Å². The molecule has 0 saturated carbocycles. The van der Waals surface area contributed by atoms with Gasteiger partial charge in [-0.25, -0.2) is 4.98 Å². The van der Waals surface area contributed by atoms with Crippen molar-refractivity contribution in [1.82, 2.24) is 19.5 Å². The summed E-state index contributed by atoms with van der Waals surface area (Å²) in [5.74, 6) is 1.24. The van der Waals surface area contributed by atoms with Crippen LogP contribution in [0.25, 0.3) is 28.0 Å². The molecule has 2 N–H and O–H groups in total. The molecule has 1 aliphatic heterocycles. The first-order valence-electron chi connectivity index (χ1n) is 11.0. The fourth-order valence-corrected chi connectivity index (χ4v) is 4.40. The van der Waals surface area contributed by atoms with Gasteiger partial charge in [-0.05, 0) is 36.8 Å². The second kappa shape index (κ2) is 8.61. The number of nitrogens with zero attached hydrogens (tertiary/aromatic N) is 5. The van der Waals surface area contributed by atoms with Crippen LogP contribution in [0.15, 0.2) is 60.7 Å². The van der Waals surface area contributed by atoms with E-state index in [9.17, 15) is 10.2 Å². The van der Waals surface area contributed by atoms with Crippen LogP contribution in [0.1, 0.15) is 5.69 Å². The van der Waals surface area contributed by atoms with Crippen molar-refractivity contribution in [2.24, 2.45) is 0 Å². The number of aromatic nitrogens is 3. The van der Waals surface area contributed by atoms with E-state index in [2.05, 4.69) is 28.0 Å². The Morgan fingerprint density at radius 2 is 1.62 bits per heavy atom. The van der Waals surface area contributed by atoms with Gasteiger partial charge in [-0.15, -0.1) is 0 Å². The number of fused-ring (bicyclic) bond motifs is 1. The van der Waals surface area contributed by atoms with Gasteiger partial charge in [-0.3, -0.25) is 4.90 Å². The largest absolute Gasteiger partial charge is 0.508 e. The van der Waals surface area contributed by atoms with Crippen molar-refractivity contribution >= 4 is 11.5 Å². The molecule has 164 valence electrons. The van der Waals surface area contributed by atoms with Crippen molar-refractivity contribution in [1.29, 1.82) is 0 Å². The highest BCUT2D eigenvalue weighted by molar-refractivity contribution is 5.83. The van der Waals surface area contributed by atoms with Crippen LogP contribution in [0.3, 0.4) is 0 Å². The van der Waals surface area contributed by atoms with Gasteiger partial charge in [0.2, 0.25) is 0 Å². The fraction of sp³-hybridized carbons (Fsp3) is 0.280. The number of phenolic OH excluding ortho intramolecular Hbond substituents is 1. The van der Waals surface area contributed by atoms with Gasteiger partial charge in [0.25, 0.3) is 0 Å². The van der Waals surface area contributed by atoms with Gasteiger partial charge >= 0.3 is 0 Å². The van der Waals surface area contributed by atoms with Gasteiger partial charge in [0.15, 0.2) is 5.65 Å². The third kappa shape index (κ3) is 3.81. The van der Waals surface area contributed by atoms with E-state index in [1.165, 1.54) is 0 Å². The third-order valence-electron chi connectivity index (χ3n) is 6.08. The lowest BCUT2D eigenvalue weighted by Gasteiger charge is -2.35. The molecular weight excluding hydrogens is 402 g/mol. The SMILES string of the molecule is Cc1nn2c(N3CCN(CCO)CC3)cc(-c3ccc(O)cc3)nc2c1-c1ccccc1. The molecule has 1 fully saturated rings. The van der Waals surface area contributed by atoms with Crippen LogP contribution < -0.4 is 4.90 Å². The predicted octanol–water partition coefficient (Wildman–Crippen LogP) is 3.19. The van der Waals surface area contributed by atoms with Crippen molar-refractivity contribution < 1.29 is 10.2 Å². The first kappa shape index (κ1) is 20.5. The molecule has 0 atom stereocenters. The standard InChI is InChI=1S/C25H27N5O2/c1-18-24(20-5-3-2-4-6-20)25-26-22(19-7-9-21(32)10-8-19)17-23(30(25)27-18)29-13-11-28(12-14-29)15-16-31/h2-10,17,31-32H,11-16H2,1H3. The van der Waals surface area contributed by atoms with Gasteiger partial charge < -0.3 is 15.1 Å². The summed E-state index contributed by atoms with van der Waals surface area (Å²) in [7, 11) is 0. The molecule has 0 bridgehead atoms. The van der Waals surface area contributed by atoms with E-state index >= 15 is 0 Å². The number of benzene rings is 2. The molecule has 2 aromatic heterocycles. The molecule has 4 aromatic rings. The van der Waals surface area contributed by atoms with E-state index in [0.29, 0.717) is 6.54 Å². The minimum Gasteiger partial charge on any atom is -0.508 e.